The number of carbonyl (C=O) groups is 1. The molecule has 1 aromatic heterocycles. The Balaban J connectivity index is 1.52. The van der Waals surface area contributed by atoms with Crippen LogP contribution in [0.2, 0.25) is 5.02 Å². The average molecular weight is 538 g/mol. The number of rotatable bonds is 6. The van der Waals surface area contributed by atoms with Gasteiger partial charge < -0.3 is 5.32 Å². The van der Waals surface area contributed by atoms with Gasteiger partial charge in [0.2, 0.25) is 15.9 Å². The third-order valence-electron chi connectivity index (χ3n) is 6.12. The van der Waals surface area contributed by atoms with Crippen LogP contribution in [0.25, 0.3) is 0 Å². The first-order chi connectivity index (χ1) is 17.1. The number of sulfonamides is 1. The number of alkyl halides is 3. The van der Waals surface area contributed by atoms with Gasteiger partial charge in [0.05, 0.1) is 39.7 Å². The zero-order chi connectivity index (χ0) is 25.9. The van der Waals surface area contributed by atoms with Crippen molar-refractivity contribution in [3.05, 3.63) is 94.8 Å². The van der Waals surface area contributed by atoms with Crippen LogP contribution in [-0.4, -0.2) is 30.2 Å². The highest BCUT2D eigenvalue weighted by molar-refractivity contribution is 7.89. The molecule has 0 saturated carbocycles. The van der Waals surface area contributed by atoms with Crippen LogP contribution in [0.5, 0.6) is 0 Å². The van der Waals surface area contributed by atoms with Gasteiger partial charge >= 0.3 is 6.18 Å². The second-order valence-corrected chi connectivity index (χ2v) is 10.8. The second-order valence-electron chi connectivity index (χ2n) is 8.46. The molecule has 1 saturated heterocycles. The van der Waals surface area contributed by atoms with Crippen LogP contribution >= 0.6 is 11.6 Å². The van der Waals surface area contributed by atoms with Crippen molar-refractivity contribution in [3.8, 4) is 0 Å². The van der Waals surface area contributed by atoms with Crippen LogP contribution in [0.3, 0.4) is 0 Å². The van der Waals surface area contributed by atoms with E-state index < -0.39 is 39.6 Å². The summed E-state index contributed by atoms with van der Waals surface area (Å²) in [6.45, 7) is -0.226. The largest absolute Gasteiger partial charge is 0.417 e. The standard InChI is InChI=1S/C25H23ClF3N3O3S/c26-21-13-19(25(27,28)29)14-30-22(21)15-31-24(33)18-11-12-23(17-7-3-1-4-8-17)32(16-18)36(34,35)20-9-5-2-6-10-20/h1-10,13-14,18,23H,11-12,15-16H2,(H,31,33)/t18-,23-/m1/s1. The molecule has 0 radical (unpaired) electrons. The van der Waals surface area contributed by atoms with Crippen molar-refractivity contribution in [1.82, 2.24) is 14.6 Å². The van der Waals surface area contributed by atoms with Crippen molar-refractivity contribution in [2.45, 2.75) is 36.5 Å². The summed E-state index contributed by atoms with van der Waals surface area (Å²) in [6.07, 6.45) is -3.07. The number of aromatic nitrogens is 1. The quantitative estimate of drug-likeness (QED) is 0.468. The molecule has 190 valence electrons. The summed E-state index contributed by atoms with van der Waals surface area (Å²) in [6, 6.07) is 17.6. The highest BCUT2D eigenvalue weighted by Gasteiger charge is 2.40. The fraction of sp³-hybridized carbons (Fsp3) is 0.280. The average Bonchev–Trinajstić information content (AvgIpc) is 2.88. The number of piperidine rings is 1. The van der Waals surface area contributed by atoms with E-state index in [-0.39, 0.29) is 28.7 Å². The molecule has 6 nitrogen and oxygen atoms in total. The van der Waals surface area contributed by atoms with Gasteiger partial charge in [-0.05, 0) is 36.6 Å². The second kappa shape index (κ2) is 10.6. The smallest absolute Gasteiger partial charge is 0.350 e. The number of halogens is 4. The molecule has 11 heteroatoms. The molecule has 0 unspecified atom stereocenters. The van der Waals surface area contributed by atoms with E-state index >= 15 is 0 Å². The topological polar surface area (TPSA) is 79.4 Å². The van der Waals surface area contributed by atoms with Crippen molar-refractivity contribution in [1.29, 1.82) is 0 Å². The Morgan fingerprint density at radius 1 is 1.06 bits per heavy atom. The summed E-state index contributed by atoms with van der Waals surface area (Å²) < 4.78 is 67.0. The van der Waals surface area contributed by atoms with Crippen molar-refractivity contribution < 1.29 is 26.4 Å². The third-order valence-corrected chi connectivity index (χ3v) is 8.33. The molecule has 1 fully saturated rings. The summed E-state index contributed by atoms with van der Waals surface area (Å²) >= 11 is 5.94. The molecular weight excluding hydrogens is 515 g/mol. The van der Waals surface area contributed by atoms with E-state index in [1.165, 1.54) is 16.4 Å². The van der Waals surface area contributed by atoms with E-state index in [0.29, 0.717) is 19.0 Å². The van der Waals surface area contributed by atoms with Gasteiger partial charge in [-0.15, -0.1) is 0 Å². The van der Waals surface area contributed by atoms with E-state index in [2.05, 4.69) is 10.3 Å². The fourth-order valence-corrected chi connectivity index (χ4v) is 6.16. The molecule has 1 N–H and O–H groups in total. The molecule has 1 aliphatic heterocycles. The van der Waals surface area contributed by atoms with Crippen molar-refractivity contribution >= 4 is 27.5 Å². The number of hydrogen-bond acceptors (Lipinski definition) is 4. The van der Waals surface area contributed by atoms with Crippen molar-refractivity contribution in [2.24, 2.45) is 5.92 Å². The van der Waals surface area contributed by atoms with Gasteiger partial charge in [-0.2, -0.15) is 17.5 Å². The van der Waals surface area contributed by atoms with E-state index in [0.717, 1.165) is 11.6 Å². The maximum Gasteiger partial charge on any atom is 0.417 e. The van der Waals surface area contributed by atoms with Gasteiger partial charge in [0.1, 0.15) is 0 Å². The lowest BCUT2D eigenvalue weighted by atomic mass is 9.90. The summed E-state index contributed by atoms with van der Waals surface area (Å²) in [4.78, 5) is 16.8. The van der Waals surface area contributed by atoms with Crippen LogP contribution < -0.4 is 5.32 Å². The summed E-state index contributed by atoms with van der Waals surface area (Å²) in [7, 11) is -3.91. The summed E-state index contributed by atoms with van der Waals surface area (Å²) in [5, 5.41) is 2.43. The zero-order valence-corrected chi connectivity index (χ0v) is 20.5. The fourth-order valence-electron chi connectivity index (χ4n) is 4.22. The number of nitrogens with zero attached hydrogens (tertiary/aromatic N) is 2. The van der Waals surface area contributed by atoms with Gasteiger partial charge in [-0.25, -0.2) is 8.42 Å². The van der Waals surface area contributed by atoms with E-state index in [1.807, 2.05) is 30.3 Å². The molecule has 36 heavy (non-hydrogen) atoms. The SMILES string of the molecule is O=C(NCc1ncc(C(F)(F)F)cc1Cl)[C@@H]1CC[C@H](c2ccccc2)N(S(=O)(=O)c2ccccc2)C1. The first kappa shape index (κ1) is 26.1. The first-order valence-corrected chi connectivity index (χ1v) is 13.0. The summed E-state index contributed by atoms with van der Waals surface area (Å²) in [5.74, 6) is -1.08. The van der Waals surface area contributed by atoms with Crippen LogP contribution in [0.15, 0.2) is 77.8 Å². The molecule has 2 aromatic carbocycles. The van der Waals surface area contributed by atoms with E-state index in [1.54, 1.807) is 18.2 Å². The molecule has 2 heterocycles. The molecule has 1 amide bonds. The Hall–Kier alpha value is -2.95. The molecule has 3 aromatic rings. The Labute approximate surface area is 212 Å². The molecule has 0 bridgehead atoms. The predicted molar refractivity (Wildman–Crippen MR) is 128 cm³/mol. The normalized spacial score (nSPS) is 19.1. The highest BCUT2D eigenvalue weighted by atomic mass is 35.5. The minimum atomic E-state index is -4.58. The predicted octanol–water partition coefficient (Wildman–Crippen LogP) is 5.21. The lowest BCUT2D eigenvalue weighted by Gasteiger charge is -2.38. The lowest BCUT2D eigenvalue weighted by Crippen LogP contribution is -2.46. The Morgan fingerprint density at radius 2 is 1.69 bits per heavy atom. The van der Waals surface area contributed by atoms with E-state index in [9.17, 15) is 26.4 Å². The lowest BCUT2D eigenvalue weighted by molar-refractivity contribution is -0.137. The van der Waals surface area contributed by atoms with Crippen LogP contribution in [0.1, 0.15) is 35.7 Å². The molecule has 1 aliphatic rings. The van der Waals surface area contributed by atoms with Gasteiger partial charge in [0.15, 0.2) is 0 Å². The Morgan fingerprint density at radius 3 is 2.31 bits per heavy atom. The molecular formula is C25H23ClF3N3O3S. The molecule has 0 spiro atoms. The van der Waals surface area contributed by atoms with E-state index in [4.69, 9.17) is 11.6 Å². The zero-order valence-electron chi connectivity index (χ0n) is 19.0. The van der Waals surface area contributed by atoms with Gasteiger partial charge in [0.25, 0.3) is 0 Å². The van der Waals surface area contributed by atoms with Gasteiger partial charge in [-0.3, -0.25) is 9.78 Å². The summed E-state index contributed by atoms with van der Waals surface area (Å²) in [5.41, 5.74) is -0.0649. The number of carbonyl (C=O) groups excluding carboxylic acids is 1. The first-order valence-electron chi connectivity index (χ1n) is 11.2. The number of amides is 1. The molecule has 2 atom stereocenters. The highest BCUT2D eigenvalue weighted by Crippen LogP contribution is 2.37. The monoisotopic (exact) mass is 537 g/mol. The van der Waals surface area contributed by atoms with Crippen LogP contribution in [0, 0.1) is 5.92 Å². The number of nitrogens with one attached hydrogen (secondary N) is 1. The van der Waals surface area contributed by atoms with Gasteiger partial charge in [-0.1, -0.05) is 60.1 Å². The maximum absolute atomic E-state index is 13.6. The minimum absolute atomic E-state index is 0.0448. The Bertz CT molecular complexity index is 1320. The van der Waals surface area contributed by atoms with Gasteiger partial charge in [0, 0.05) is 12.7 Å². The number of hydrogen-bond donors (Lipinski definition) is 1. The maximum atomic E-state index is 13.6. The van der Waals surface area contributed by atoms with Crippen LogP contribution in [-0.2, 0) is 27.5 Å². The minimum Gasteiger partial charge on any atom is -0.350 e. The number of benzene rings is 2. The van der Waals surface area contributed by atoms with Crippen LogP contribution in [0.4, 0.5) is 13.2 Å². The molecule has 0 aliphatic carbocycles. The Kier molecular flexibility index (Phi) is 7.67. The number of pyridine rings is 1. The molecule has 4 rings (SSSR count). The van der Waals surface area contributed by atoms with Crippen molar-refractivity contribution in [2.75, 3.05) is 6.54 Å². The van der Waals surface area contributed by atoms with Crippen molar-refractivity contribution in [3.63, 3.8) is 0 Å². The third kappa shape index (κ3) is 5.71.